The first-order valence-electron chi connectivity index (χ1n) is 9.02. The predicted molar refractivity (Wildman–Crippen MR) is 109 cm³/mol. The van der Waals surface area contributed by atoms with Crippen LogP contribution in [0, 0.1) is 15.9 Å². The third kappa shape index (κ3) is 3.95. The van der Waals surface area contributed by atoms with Crippen LogP contribution in [0.15, 0.2) is 53.9 Å². The first-order chi connectivity index (χ1) is 14.0. The molecule has 2 aromatic carbocycles. The van der Waals surface area contributed by atoms with Gasteiger partial charge in [0.05, 0.1) is 4.92 Å². The lowest BCUT2D eigenvalue weighted by molar-refractivity contribution is -0.384. The van der Waals surface area contributed by atoms with E-state index < -0.39 is 0 Å². The molecule has 7 nitrogen and oxygen atoms in total. The van der Waals surface area contributed by atoms with E-state index in [2.05, 4.69) is 4.98 Å². The predicted octanol–water partition coefficient (Wildman–Crippen LogP) is 3.82. The van der Waals surface area contributed by atoms with Crippen LogP contribution >= 0.6 is 11.3 Å². The average molecular weight is 412 g/mol. The van der Waals surface area contributed by atoms with Crippen molar-refractivity contribution in [2.24, 2.45) is 0 Å². The summed E-state index contributed by atoms with van der Waals surface area (Å²) in [5.41, 5.74) is 1.75. The molecule has 3 aromatic rings. The van der Waals surface area contributed by atoms with Gasteiger partial charge in [-0.3, -0.25) is 14.9 Å². The fourth-order valence-electron chi connectivity index (χ4n) is 3.30. The van der Waals surface area contributed by atoms with Crippen LogP contribution < -0.4 is 4.90 Å². The van der Waals surface area contributed by atoms with Crippen LogP contribution in [0.25, 0.3) is 10.6 Å². The number of thiazole rings is 1. The number of nitro groups is 1. The minimum atomic E-state index is -0.390. The fourth-order valence-corrected chi connectivity index (χ4v) is 4.10. The van der Waals surface area contributed by atoms with Crippen molar-refractivity contribution < 1.29 is 14.1 Å². The summed E-state index contributed by atoms with van der Waals surface area (Å²) in [5.74, 6) is -0.491. The Balaban J connectivity index is 1.43. The molecule has 0 spiro atoms. The number of hydrogen-bond donors (Lipinski definition) is 0. The number of halogens is 1. The number of anilines is 1. The van der Waals surface area contributed by atoms with Crippen molar-refractivity contribution in [3.05, 3.63) is 75.5 Å². The number of rotatable bonds is 4. The molecule has 1 fully saturated rings. The van der Waals surface area contributed by atoms with Gasteiger partial charge in [0.1, 0.15) is 22.2 Å². The van der Waals surface area contributed by atoms with Gasteiger partial charge in [-0.15, -0.1) is 11.3 Å². The van der Waals surface area contributed by atoms with Crippen LogP contribution in [0.5, 0.6) is 0 Å². The summed E-state index contributed by atoms with van der Waals surface area (Å²) in [6, 6.07) is 12.6. The second kappa shape index (κ2) is 7.96. The van der Waals surface area contributed by atoms with Crippen LogP contribution in [-0.2, 0) is 0 Å². The highest BCUT2D eigenvalue weighted by Gasteiger charge is 2.27. The summed E-state index contributed by atoms with van der Waals surface area (Å²) < 4.78 is 13.1. The van der Waals surface area contributed by atoms with Crippen molar-refractivity contribution in [1.29, 1.82) is 0 Å². The Morgan fingerprint density at radius 1 is 1.07 bits per heavy atom. The number of carbonyl (C=O) groups is 1. The Morgan fingerprint density at radius 2 is 1.76 bits per heavy atom. The van der Waals surface area contributed by atoms with Crippen molar-refractivity contribution in [2.75, 3.05) is 31.1 Å². The molecule has 0 saturated carbocycles. The lowest BCUT2D eigenvalue weighted by Gasteiger charge is -2.35. The zero-order valence-electron chi connectivity index (χ0n) is 15.3. The van der Waals surface area contributed by atoms with Crippen molar-refractivity contribution >= 4 is 28.6 Å². The molecule has 0 N–H and O–H groups in total. The van der Waals surface area contributed by atoms with Crippen LogP contribution in [0.4, 0.5) is 15.8 Å². The van der Waals surface area contributed by atoms with Gasteiger partial charge in [0.15, 0.2) is 0 Å². The van der Waals surface area contributed by atoms with Gasteiger partial charge in [-0.2, -0.15) is 0 Å². The van der Waals surface area contributed by atoms with E-state index in [1.54, 1.807) is 40.6 Å². The summed E-state index contributed by atoms with van der Waals surface area (Å²) in [6.07, 6.45) is 0. The molecule has 1 amide bonds. The number of aromatic nitrogens is 1. The highest BCUT2D eigenvalue weighted by molar-refractivity contribution is 7.13. The Kier molecular flexibility index (Phi) is 5.22. The number of hydrogen-bond acceptors (Lipinski definition) is 6. The molecule has 9 heteroatoms. The normalized spacial score (nSPS) is 14.1. The van der Waals surface area contributed by atoms with Crippen molar-refractivity contribution in [2.45, 2.75) is 0 Å². The van der Waals surface area contributed by atoms with Crippen LogP contribution in [0.3, 0.4) is 0 Å². The average Bonchev–Trinajstić information content (AvgIpc) is 3.24. The Hall–Kier alpha value is -3.33. The summed E-state index contributed by atoms with van der Waals surface area (Å²) in [6.45, 7) is 1.92. The molecule has 148 valence electrons. The van der Waals surface area contributed by atoms with E-state index in [0.29, 0.717) is 42.6 Å². The molecule has 0 radical (unpaired) electrons. The highest BCUT2D eigenvalue weighted by Crippen LogP contribution is 2.29. The molecular formula is C20H17FN4O3S. The maximum Gasteiger partial charge on any atom is 0.292 e. The van der Waals surface area contributed by atoms with E-state index in [4.69, 9.17) is 0 Å². The standard InChI is InChI=1S/C20H17FN4O3S/c21-15-7-5-14(6-8-15)19-22-16(13-29-19)20(26)24-11-9-23(10-12-24)17-3-1-2-4-18(17)25(27)28/h1-8,13H,9-12H2. The van der Waals surface area contributed by atoms with Crippen LogP contribution in [-0.4, -0.2) is 46.9 Å². The molecule has 29 heavy (non-hydrogen) atoms. The lowest BCUT2D eigenvalue weighted by atomic mass is 10.2. The third-order valence-electron chi connectivity index (χ3n) is 4.80. The van der Waals surface area contributed by atoms with Crippen molar-refractivity contribution in [3.8, 4) is 10.6 Å². The zero-order valence-corrected chi connectivity index (χ0v) is 16.1. The maximum atomic E-state index is 13.1. The van der Waals surface area contributed by atoms with Crippen molar-refractivity contribution in [3.63, 3.8) is 0 Å². The molecule has 0 atom stereocenters. The van der Waals surface area contributed by atoms with Gasteiger partial charge in [0.25, 0.3) is 11.6 Å². The van der Waals surface area contributed by atoms with E-state index in [0.717, 1.165) is 5.56 Å². The number of amides is 1. The number of nitrogens with zero attached hydrogens (tertiary/aromatic N) is 4. The quantitative estimate of drug-likeness (QED) is 0.481. The number of para-hydroxylation sites is 2. The first-order valence-corrected chi connectivity index (χ1v) is 9.90. The first kappa shape index (κ1) is 19.0. The summed E-state index contributed by atoms with van der Waals surface area (Å²) in [5, 5.41) is 13.6. The molecule has 1 aliphatic rings. The second-order valence-corrected chi connectivity index (χ2v) is 7.43. The molecule has 2 heterocycles. The van der Waals surface area contributed by atoms with E-state index in [9.17, 15) is 19.3 Å². The van der Waals surface area contributed by atoms with Gasteiger partial charge < -0.3 is 9.80 Å². The minimum Gasteiger partial charge on any atom is -0.362 e. The summed E-state index contributed by atoms with van der Waals surface area (Å²) in [4.78, 5) is 31.7. The van der Waals surface area contributed by atoms with Gasteiger partial charge in [-0.1, -0.05) is 12.1 Å². The molecule has 1 aliphatic heterocycles. The van der Waals surface area contributed by atoms with Crippen LogP contribution in [0.1, 0.15) is 10.5 Å². The van der Waals surface area contributed by atoms with E-state index in [1.807, 2.05) is 4.90 Å². The SMILES string of the molecule is O=C(c1csc(-c2ccc(F)cc2)n1)N1CCN(c2ccccc2[N+](=O)[O-])CC1. The maximum absolute atomic E-state index is 13.1. The third-order valence-corrected chi connectivity index (χ3v) is 5.69. The van der Waals surface area contributed by atoms with Gasteiger partial charge in [0, 0.05) is 43.2 Å². The molecule has 4 rings (SSSR count). The molecule has 0 bridgehead atoms. The molecule has 1 aromatic heterocycles. The molecule has 0 unspecified atom stereocenters. The van der Waals surface area contributed by atoms with Gasteiger partial charge in [-0.25, -0.2) is 9.37 Å². The van der Waals surface area contributed by atoms with Crippen molar-refractivity contribution in [1.82, 2.24) is 9.88 Å². The molecule has 0 aliphatic carbocycles. The molecular weight excluding hydrogens is 395 g/mol. The fraction of sp³-hybridized carbons (Fsp3) is 0.200. The van der Waals surface area contributed by atoms with Gasteiger partial charge in [-0.05, 0) is 30.3 Å². The summed E-state index contributed by atoms with van der Waals surface area (Å²) in [7, 11) is 0. The molecule has 1 saturated heterocycles. The minimum absolute atomic E-state index is 0.0655. The Labute approximate surface area is 170 Å². The number of piperazine rings is 1. The Bertz CT molecular complexity index is 1050. The smallest absolute Gasteiger partial charge is 0.292 e. The topological polar surface area (TPSA) is 79.6 Å². The van der Waals surface area contributed by atoms with Gasteiger partial charge >= 0.3 is 0 Å². The van der Waals surface area contributed by atoms with E-state index in [1.165, 1.54) is 29.5 Å². The monoisotopic (exact) mass is 412 g/mol. The summed E-state index contributed by atoms with van der Waals surface area (Å²) >= 11 is 1.34. The van der Waals surface area contributed by atoms with E-state index >= 15 is 0 Å². The Morgan fingerprint density at radius 3 is 2.45 bits per heavy atom. The van der Waals surface area contributed by atoms with Crippen LogP contribution in [0.2, 0.25) is 0 Å². The lowest BCUT2D eigenvalue weighted by Crippen LogP contribution is -2.49. The van der Waals surface area contributed by atoms with Gasteiger partial charge in [0.2, 0.25) is 0 Å². The number of carbonyl (C=O) groups excluding carboxylic acids is 1. The highest BCUT2D eigenvalue weighted by atomic mass is 32.1. The second-order valence-electron chi connectivity index (χ2n) is 6.57. The van der Waals surface area contributed by atoms with E-state index in [-0.39, 0.29) is 22.3 Å². The number of nitro benzene ring substituents is 1. The number of benzene rings is 2. The largest absolute Gasteiger partial charge is 0.362 e. The zero-order chi connectivity index (χ0) is 20.4.